The van der Waals surface area contributed by atoms with Crippen LogP contribution in [-0.4, -0.2) is 68.8 Å². The van der Waals surface area contributed by atoms with Crippen LogP contribution in [0.4, 0.5) is 11.8 Å². The van der Waals surface area contributed by atoms with Gasteiger partial charge in [-0.2, -0.15) is 5.90 Å². The van der Waals surface area contributed by atoms with Crippen LogP contribution in [-0.2, 0) is 29.6 Å². The van der Waals surface area contributed by atoms with E-state index in [0.29, 0.717) is 31.5 Å². The highest BCUT2D eigenvalue weighted by Crippen LogP contribution is 2.29. The summed E-state index contributed by atoms with van der Waals surface area (Å²) >= 11 is 0. The van der Waals surface area contributed by atoms with E-state index in [4.69, 9.17) is 25.6 Å². The number of carbonyl (C=O) groups is 1. The van der Waals surface area contributed by atoms with Gasteiger partial charge in [-0.25, -0.2) is 29.7 Å². The monoisotopic (exact) mass is 503 g/mol. The van der Waals surface area contributed by atoms with Crippen molar-refractivity contribution in [1.29, 1.82) is 0 Å². The number of morpholine rings is 1. The van der Waals surface area contributed by atoms with Gasteiger partial charge in [-0.1, -0.05) is 25.1 Å². The lowest BCUT2D eigenvalue weighted by molar-refractivity contribution is 0.0502. The Bertz CT molecular complexity index is 1420. The van der Waals surface area contributed by atoms with E-state index in [9.17, 15) is 4.79 Å². The number of nitrogens with two attached hydrogens (primary N) is 1. The molecule has 1 aliphatic heterocycles. The molecule has 37 heavy (non-hydrogen) atoms. The number of hydrogen-bond donors (Lipinski definition) is 1. The predicted molar refractivity (Wildman–Crippen MR) is 138 cm³/mol. The van der Waals surface area contributed by atoms with Crippen LogP contribution in [0.25, 0.3) is 22.6 Å². The van der Waals surface area contributed by atoms with E-state index in [-0.39, 0.29) is 5.56 Å². The highest BCUT2D eigenvalue weighted by molar-refractivity contribution is 5.88. The number of aromatic nitrogens is 6. The molecule has 12 nitrogen and oxygen atoms in total. The lowest BCUT2D eigenvalue weighted by Crippen LogP contribution is -2.37. The maximum atomic E-state index is 11.6. The average molecular weight is 504 g/mol. The molecule has 2 N–H and O–H groups in total. The first-order valence-electron chi connectivity index (χ1n) is 12.1. The van der Waals surface area contributed by atoms with Crippen LogP contribution in [0.1, 0.15) is 28.7 Å². The summed E-state index contributed by atoms with van der Waals surface area (Å²) in [6, 6.07) is 8.32. The zero-order valence-electron chi connectivity index (χ0n) is 21.1. The number of hydrogen-bond acceptors (Lipinski definition) is 11. The van der Waals surface area contributed by atoms with Crippen LogP contribution in [0, 0.1) is 0 Å². The normalized spacial score (nSPS) is 13.7. The Hall–Kier alpha value is -4.16. The molecule has 1 aliphatic rings. The summed E-state index contributed by atoms with van der Waals surface area (Å²) in [5.41, 5.74) is 3.86. The molecule has 0 spiro atoms. The van der Waals surface area contributed by atoms with Crippen molar-refractivity contribution in [3.05, 3.63) is 53.6 Å². The van der Waals surface area contributed by atoms with Gasteiger partial charge in [-0.15, -0.1) is 0 Å². The van der Waals surface area contributed by atoms with Gasteiger partial charge >= 0.3 is 5.97 Å². The molecule has 12 heteroatoms. The maximum Gasteiger partial charge on any atom is 0.359 e. The third kappa shape index (κ3) is 4.93. The lowest BCUT2D eigenvalue weighted by atomic mass is 10.1. The first kappa shape index (κ1) is 24.5. The Morgan fingerprint density at radius 3 is 2.62 bits per heavy atom. The van der Waals surface area contributed by atoms with Crippen molar-refractivity contribution in [2.24, 2.45) is 12.9 Å². The molecule has 5 rings (SSSR count). The van der Waals surface area contributed by atoms with E-state index in [2.05, 4.69) is 38.8 Å². The second kappa shape index (κ2) is 10.4. The van der Waals surface area contributed by atoms with Crippen molar-refractivity contribution in [3.8, 4) is 11.4 Å². The van der Waals surface area contributed by atoms with Crippen molar-refractivity contribution >= 4 is 28.9 Å². The number of anilines is 2. The van der Waals surface area contributed by atoms with E-state index < -0.39 is 5.97 Å². The van der Waals surface area contributed by atoms with Gasteiger partial charge in [0.25, 0.3) is 0 Å². The molecular weight excluding hydrogens is 474 g/mol. The third-order valence-electron chi connectivity index (χ3n) is 6.40. The van der Waals surface area contributed by atoms with E-state index >= 15 is 0 Å². The maximum absolute atomic E-state index is 11.6. The van der Waals surface area contributed by atoms with Crippen molar-refractivity contribution in [2.75, 3.05) is 43.2 Å². The quantitative estimate of drug-likeness (QED) is 0.370. The van der Waals surface area contributed by atoms with Gasteiger partial charge in [0, 0.05) is 45.1 Å². The summed E-state index contributed by atoms with van der Waals surface area (Å²) in [6.45, 7) is 5.29. The molecule has 1 saturated heterocycles. The Morgan fingerprint density at radius 1 is 1.16 bits per heavy atom. The van der Waals surface area contributed by atoms with Crippen LogP contribution in [0.3, 0.4) is 0 Å². The summed E-state index contributed by atoms with van der Waals surface area (Å²) in [5, 5.41) is 0. The summed E-state index contributed by atoms with van der Waals surface area (Å²) < 4.78 is 7.55. The minimum absolute atomic E-state index is 0.174. The Morgan fingerprint density at radius 2 is 1.92 bits per heavy atom. The number of aryl methyl sites for hydroxylation is 2. The van der Waals surface area contributed by atoms with Crippen LogP contribution >= 0.6 is 0 Å². The second-order valence-electron chi connectivity index (χ2n) is 8.82. The number of imidazole rings is 1. The molecule has 0 bridgehead atoms. The molecule has 0 amide bonds. The van der Waals surface area contributed by atoms with E-state index in [0.717, 1.165) is 47.9 Å². The fourth-order valence-corrected chi connectivity index (χ4v) is 4.26. The van der Waals surface area contributed by atoms with Gasteiger partial charge in [0.2, 0.25) is 5.95 Å². The number of benzene rings is 1. The summed E-state index contributed by atoms with van der Waals surface area (Å²) in [4.78, 5) is 43.2. The second-order valence-corrected chi connectivity index (χ2v) is 8.82. The zero-order valence-corrected chi connectivity index (χ0v) is 21.1. The Kier molecular flexibility index (Phi) is 6.93. The SMILES string of the molecule is CCc1cccc(-c2nc(N3CCOCC3)c3nc(CN(C)c4ncc(C(=O)ON)cn4)n(C)c3n2)c1. The zero-order chi connectivity index (χ0) is 25.9. The van der Waals surface area contributed by atoms with Gasteiger partial charge in [-0.05, 0) is 18.1 Å². The summed E-state index contributed by atoms with van der Waals surface area (Å²) in [6.07, 6.45) is 3.69. The van der Waals surface area contributed by atoms with Gasteiger partial charge in [-0.3, -0.25) is 0 Å². The van der Waals surface area contributed by atoms with E-state index in [1.54, 1.807) is 0 Å². The largest absolute Gasteiger partial charge is 0.378 e. The predicted octanol–water partition coefficient (Wildman–Crippen LogP) is 1.89. The van der Waals surface area contributed by atoms with E-state index in [1.807, 2.05) is 35.7 Å². The molecule has 4 aromatic rings. The molecule has 4 heterocycles. The molecule has 0 aliphatic carbocycles. The molecule has 0 radical (unpaired) electrons. The molecule has 1 fully saturated rings. The first-order valence-corrected chi connectivity index (χ1v) is 12.1. The first-order chi connectivity index (χ1) is 18.0. The highest BCUT2D eigenvalue weighted by Gasteiger charge is 2.23. The summed E-state index contributed by atoms with van der Waals surface area (Å²) in [5.74, 6) is 6.91. The van der Waals surface area contributed by atoms with Crippen LogP contribution in [0.2, 0.25) is 0 Å². The van der Waals surface area contributed by atoms with Gasteiger partial charge in [0.1, 0.15) is 5.82 Å². The lowest BCUT2D eigenvalue weighted by Gasteiger charge is -2.28. The van der Waals surface area contributed by atoms with Crippen molar-refractivity contribution in [1.82, 2.24) is 29.5 Å². The molecule has 3 aromatic heterocycles. The van der Waals surface area contributed by atoms with Crippen LogP contribution in [0.5, 0.6) is 0 Å². The van der Waals surface area contributed by atoms with Crippen molar-refractivity contribution < 1.29 is 14.4 Å². The molecule has 192 valence electrons. The standard InChI is InChI=1S/C25H29N9O3/c1-4-16-6-5-7-17(12-16)21-30-22-20(23(31-21)34-8-10-36-11-9-34)29-19(33(22)3)15-32(2)25-27-13-18(14-28-25)24(35)37-26/h5-7,12-14H,4,8-11,15,26H2,1-3H3. The fraction of sp³-hybridized carbons (Fsp3) is 0.360. The van der Waals surface area contributed by atoms with Gasteiger partial charge in [0.05, 0.1) is 25.3 Å². The highest BCUT2D eigenvalue weighted by atomic mass is 16.7. The molecule has 0 saturated carbocycles. The fourth-order valence-electron chi connectivity index (χ4n) is 4.26. The Labute approximate surface area is 214 Å². The minimum atomic E-state index is -0.695. The third-order valence-corrected chi connectivity index (χ3v) is 6.40. The number of carbonyl (C=O) groups excluding carboxylic acids is 1. The van der Waals surface area contributed by atoms with Gasteiger partial charge in [0.15, 0.2) is 22.8 Å². The Balaban J connectivity index is 1.53. The van der Waals surface area contributed by atoms with E-state index in [1.165, 1.54) is 18.0 Å². The topological polar surface area (TPSA) is 137 Å². The smallest absolute Gasteiger partial charge is 0.359 e. The van der Waals surface area contributed by atoms with Crippen molar-refractivity contribution in [3.63, 3.8) is 0 Å². The number of ether oxygens (including phenoxy) is 1. The summed E-state index contributed by atoms with van der Waals surface area (Å²) in [7, 11) is 3.80. The molecular formula is C25H29N9O3. The van der Waals surface area contributed by atoms with Gasteiger partial charge < -0.3 is 23.9 Å². The molecule has 0 unspecified atom stereocenters. The molecule has 0 atom stereocenters. The van der Waals surface area contributed by atoms with Crippen molar-refractivity contribution in [2.45, 2.75) is 19.9 Å². The molecule has 1 aromatic carbocycles. The van der Waals surface area contributed by atoms with Crippen LogP contribution in [0.15, 0.2) is 36.7 Å². The van der Waals surface area contributed by atoms with Crippen LogP contribution < -0.4 is 15.7 Å². The number of rotatable bonds is 7. The average Bonchev–Trinajstić information content (AvgIpc) is 3.27. The number of nitrogens with zero attached hydrogens (tertiary/aromatic N) is 8. The minimum Gasteiger partial charge on any atom is -0.378 e. The number of fused-ring (bicyclic) bond motifs is 1.